The van der Waals surface area contributed by atoms with Crippen molar-refractivity contribution in [3.05, 3.63) is 94.1 Å². The predicted molar refractivity (Wildman–Crippen MR) is 135 cm³/mol. The number of carbonyl (C=O) groups is 2. The minimum Gasteiger partial charge on any atom is -0.506 e. The zero-order chi connectivity index (χ0) is 24.1. The molecule has 3 aromatic rings. The van der Waals surface area contributed by atoms with Crippen molar-refractivity contribution in [2.24, 2.45) is 4.99 Å². The minimum atomic E-state index is -0.738. The molecule has 1 amide bonds. The fourth-order valence-corrected chi connectivity index (χ4v) is 4.56. The molecule has 1 heterocycles. The zero-order valence-electron chi connectivity index (χ0n) is 18.8. The Morgan fingerprint density at radius 1 is 0.971 bits per heavy atom. The number of aliphatic imine (C=N–C) groups is 1. The van der Waals surface area contributed by atoms with Crippen LogP contribution in [0.3, 0.4) is 0 Å². The second-order valence-corrected chi connectivity index (χ2v) is 8.31. The summed E-state index contributed by atoms with van der Waals surface area (Å²) in [6.07, 6.45) is 1.75. The highest BCUT2D eigenvalue weighted by Gasteiger charge is 2.34. The summed E-state index contributed by atoms with van der Waals surface area (Å²) in [5, 5.41) is 13.0. The van der Waals surface area contributed by atoms with Gasteiger partial charge in [0, 0.05) is 11.1 Å². The molecule has 6 nitrogen and oxygen atoms in total. The molecule has 0 atom stereocenters. The fourth-order valence-electron chi connectivity index (χ4n) is 3.57. The van der Waals surface area contributed by atoms with E-state index < -0.39 is 11.9 Å². The van der Waals surface area contributed by atoms with Gasteiger partial charge in [-0.05, 0) is 48.9 Å². The summed E-state index contributed by atoms with van der Waals surface area (Å²) in [7, 11) is 0. The van der Waals surface area contributed by atoms with E-state index in [-0.39, 0.29) is 23.0 Å². The third kappa shape index (κ3) is 4.75. The molecule has 0 saturated heterocycles. The Labute approximate surface area is 201 Å². The maximum Gasteiger partial charge on any atom is 0.344 e. The van der Waals surface area contributed by atoms with Crippen LogP contribution >= 0.6 is 11.8 Å². The van der Waals surface area contributed by atoms with Crippen LogP contribution < -0.4 is 4.74 Å². The molecule has 0 saturated carbocycles. The van der Waals surface area contributed by atoms with Gasteiger partial charge in [0.1, 0.15) is 22.1 Å². The highest BCUT2D eigenvalue weighted by Crippen LogP contribution is 2.41. The number of carbonyl (C=O) groups excluding carboxylic acids is 2. The molecular weight excluding hydrogens is 450 g/mol. The largest absolute Gasteiger partial charge is 0.506 e. The van der Waals surface area contributed by atoms with Gasteiger partial charge < -0.3 is 14.6 Å². The maximum absolute atomic E-state index is 12.7. The van der Waals surface area contributed by atoms with Crippen LogP contribution in [0.4, 0.5) is 0 Å². The molecule has 0 fully saturated rings. The number of amides is 1. The standard InChI is InChI=1S/C27H23NO5S/c1-3-32-21-15-14-17-10-8-9-13-19(17)20(21)16-22-24(29)23(27(31)33-4-2)26(34-22)28-25(30)18-11-6-5-7-12-18/h5-16,29H,3-4H2,1-2H3/b22-16-,28-26?. The highest BCUT2D eigenvalue weighted by atomic mass is 32.2. The lowest BCUT2D eigenvalue weighted by Crippen LogP contribution is -2.14. The number of thioether (sulfide) groups is 1. The summed E-state index contributed by atoms with van der Waals surface area (Å²) < 4.78 is 11.0. The third-order valence-electron chi connectivity index (χ3n) is 5.10. The first kappa shape index (κ1) is 23.3. The van der Waals surface area contributed by atoms with Gasteiger partial charge >= 0.3 is 5.97 Å². The monoisotopic (exact) mass is 473 g/mol. The lowest BCUT2D eigenvalue weighted by atomic mass is 10.0. The molecule has 7 heteroatoms. The molecule has 0 aromatic heterocycles. The Balaban J connectivity index is 1.84. The number of ether oxygens (including phenoxy) is 2. The van der Waals surface area contributed by atoms with Crippen LogP contribution in [0.1, 0.15) is 29.8 Å². The average molecular weight is 474 g/mol. The van der Waals surface area contributed by atoms with Gasteiger partial charge in [0.2, 0.25) is 0 Å². The van der Waals surface area contributed by atoms with Crippen molar-refractivity contribution in [1.82, 2.24) is 0 Å². The van der Waals surface area contributed by atoms with Gasteiger partial charge in [-0.25, -0.2) is 9.79 Å². The summed E-state index contributed by atoms with van der Waals surface area (Å²) >= 11 is 1.04. The number of benzene rings is 3. The summed E-state index contributed by atoms with van der Waals surface area (Å²) in [6.45, 7) is 4.16. The maximum atomic E-state index is 12.7. The van der Waals surface area contributed by atoms with E-state index in [1.807, 2.05) is 43.3 Å². The lowest BCUT2D eigenvalue weighted by molar-refractivity contribution is -0.138. The number of nitrogens with zero attached hydrogens (tertiary/aromatic N) is 1. The lowest BCUT2D eigenvalue weighted by Gasteiger charge is -2.11. The number of hydrogen-bond acceptors (Lipinski definition) is 6. The molecule has 4 rings (SSSR count). The second-order valence-electron chi connectivity index (χ2n) is 7.27. The van der Waals surface area contributed by atoms with Crippen LogP contribution in [0.15, 0.2) is 88.0 Å². The Bertz CT molecular complexity index is 1340. The van der Waals surface area contributed by atoms with Crippen LogP contribution in [0, 0.1) is 0 Å². The van der Waals surface area contributed by atoms with Gasteiger partial charge in [-0.15, -0.1) is 0 Å². The number of fused-ring (bicyclic) bond motifs is 1. The van der Waals surface area contributed by atoms with Crippen molar-refractivity contribution in [2.45, 2.75) is 13.8 Å². The zero-order valence-corrected chi connectivity index (χ0v) is 19.6. The molecule has 172 valence electrons. The van der Waals surface area contributed by atoms with Gasteiger partial charge in [-0.2, -0.15) is 0 Å². The van der Waals surface area contributed by atoms with E-state index in [1.165, 1.54) is 0 Å². The van der Waals surface area contributed by atoms with E-state index in [1.54, 1.807) is 43.3 Å². The van der Waals surface area contributed by atoms with Crippen molar-refractivity contribution in [3.63, 3.8) is 0 Å². The van der Waals surface area contributed by atoms with Crippen molar-refractivity contribution in [3.8, 4) is 5.75 Å². The summed E-state index contributed by atoms with van der Waals surface area (Å²) in [6, 6.07) is 20.2. The van der Waals surface area contributed by atoms with Crippen LogP contribution in [-0.2, 0) is 9.53 Å². The second kappa shape index (κ2) is 10.4. The third-order valence-corrected chi connectivity index (χ3v) is 6.12. The number of aliphatic hydroxyl groups is 1. The smallest absolute Gasteiger partial charge is 0.344 e. The molecule has 0 aliphatic carbocycles. The van der Waals surface area contributed by atoms with Crippen LogP contribution in [0.2, 0.25) is 0 Å². The van der Waals surface area contributed by atoms with E-state index in [4.69, 9.17) is 9.47 Å². The van der Waals surface area contributed by atoms with Gasteiger partial charge in [0.25, 0.3) is 5.91 Å². The van der Waals surface area contributed by atoms with Gasteiger partial charge in [0.15, 0.2) is 0 Å². The van der Waals surface area contributed by atoms with E-state index in [0.717, 1.165) is 28.1 Å². The van der Waals surface area contributed by atoms with Crippen molar-refractivity contribution >= 4 is 45.5 Å². The number of esters is 1. The Kier molecular flexibility index (Phi) is 7.13. The van der Waals surface area contributed by atoms with Crippen molar-refractivity contribution in [2.75, 3.05) is 13.2 Å². The van der Waals surface area contributed by atoms with Crippen molar-refractivity contribution < 1.29 is 24.2 Å². The Morgan fingerprint density at radius 3 is 2.44 bits per heavy atom. The van der Waals surface area contributed by atoms with Crippen LogP contribution in [0.5, 0.6) is 5.75 Å². The number of rotatable bonds is 6. The Hall–Kier alpha value is -3.84. The normalized spacial score (nSPS) is 15.8. The molecule has 1 aliphatic rings. The van der Waals surface area contributed by atoms with Gasteiger partial charge in [-0.3, -0.25) is 4.79 Å². The van der Waals surface area contributed by atoms with Gasteiger partial charge in [-0.1, -0.05) is 60.3 Å². The average Bonchev–Trinajstić information content (AvgIpc) is 3.15. The van der Waals surface area contributed by atoms with E-state index >= 15 is 0 Å². The molecule has 0 bridgehead atoms. The molecule has 0 unspecified atom stereocenters. The summed E-state index contributed by atoms with van der Waals surface area (Å²) in [5.41, 5.74) is 1.01. The molecule has 0 radical (unpaired) electrons. The first-order valence-corrected chi connectivity index (χ1v) is 11.7. The van der Waals surface area contributed by atoms with E-state index in [2.05, 4.69) is 4.99 Å². The fraction of sp³-hybridized carbons (Fsp3) is 0.148. The summed E-state index contributed by atoms with van der Waals surface area (Å²) in [5.74, 6) is -0.887. The number of hydrogen-bond donors (Lipinski definition) is 1. The van der Waals surface area contributed by atoms with E-state index in [0.29, 0.717) is 22.8 Å². The van der Waals surface area contributed by atoms with Crippen LogP contribution in [0.25, 0.3) is 16.8 Å². The first-order valence-electron chi connectivity index (χ1n) is 10.9. The van der Waals surface area contributed by atoms with E-state index in [9.17, 15) is 14.7 Å². The quantitative estimate of drug-likeness (QED) is 0.446. The van der Waals surface area contributed by atoms with Gasteiger partial charge in [0.05, 0.1) is 18.1 Å². The highest BCUT2D eigenvalue weighted by molar-refractivity contribution is 8.18. The SMILES string of the molecule is CCOC(=O)C1=C(O)/C(=C/c2c(OCC)ccc3ccccc23)SC1=NC(=O)c1ccccc1. The molecule has 0 spiro atoms. The van der Waals surface area contributed by atoms with Crippen LogP contribution in [-0.4, -0.2) is 35.2 Å². The topological polar surface area (TPSA) is 85.2 Å². The molecule has 1 aliphatic heterocycles. The first-order chi connectivity index (χ1) is 16.5. The number of aliphatic hydroxyl groups excluding tert-OH is 1. The minimum absolute atomic E-state index is 0.0919. The molecule has 1 N–H and O–H groups in total. The van der Waals surface area contributed by atoms with Crippen molar-refractivity contribution in [1.29, 1.82) is 0 Å². The molecular formula is C27H23NO5S. The summed E-state index contributed by atoms with van der Waals surface area (Å²) in [4.78, 5) is 29.9. The molecule has 34 heavy (non-hydrogen) atoms. The Morgan fingerprint density at radius 2 is 1.71 bits per heavy atom. The predicted octanol–water partition coefficient (Wildman–Crippen LogP) is 5.94. The molecule has 3 aromatic carbocycles.